The molecular formula is C20H26O7. The first-order valence-corrected chi connectivity index (χ1v) is 8.69. The van der Waals surface area contributed by atoms with Gasteiger partial charge in [-0.3, -0.25) is 0 Å². The number of aliphatic hydroxyl groups is 3. The van der Waals surface area contributed by atoms with Crippen LogP contribution in [0.5, 0.6) is 28.7 Å². The predicted molar refractivity (Wildman–Crippen MR) is 99.8 cm³/mol. The molecule has 0 radical (unpaired) electrons. The quantitative estimate of drug-likeness (QED) is 0.503. The van der Waals surface area contributed by atoms with Crippen LogP contribution >= 0.6 is 0 Å². The molecule has 4 N–H and O–H groups in total. The van der Waals surface area contributed by atoms with E-state index in [0.717, 1.165) is 5.56 Å². The van der Waals surface area contributed by atoms with E-state index in [1.165, 1.54) is 26.4 Å². The van der Waals surface area contributed by atoms with Crippen molar-refractivity contribution in [3.05, 3.63) is 41.5 Å². The maximum absolute atomic E-state index is 10.4. The van der Waals surface area contributed by atoms with Gasteiger partial charge in [0.2, 0.25) is 5.75 Å². The van der Waals surface area contributed by atoms with Crippen LogP contribution in [0.15, 0.2) is 30.3 Å². The number of rotatable bonds is 10. The third kappa shape index (κ3) is 5.26. The van der Waals surface area contributed by atoms with Gasteiger partial charge in [-0.1, -0.05) is 6.07 Å². The third-order valence-corrected chi connectivity index (χ3v) is 4.14. The Morgan fingerprint density at radius 1 is 0.889 bits per heavy atom. The van der Waals surface area contributed by atoms with Crippen molar-refractivity contribution in [3.8, 4) is 28.7 Å². The van der Waals surface area contributed by atoms with Gasteiger partial charge in [0, 0.05) is 19.6 Å². The normalized spacial score (nSPS) is 11.9. The molecule has 2 rings (SSSR count). The fourth-order valence-corrected chi connectivity index (χ4v) is 2.67. The van der Waals surface area contributed by atoms with Crippen LogP contribution in [0.25, 0.3) is 0 Å². The van der Waals surface area contributed by atoms with Crippen molar-refractivity contribution in [2.24, 2.45) is 0 Å². The molecule has 0 heterocycles. The van der Waals surface area contributed by atoms with Crippen LogP contribution < -0.4 is 14.2 Å². The zero-order valence-electron chi connectivity index (χ0n) is 15.5. The number of phenolic OH excluding ortho intramolecular Hbond substituents is 1. The second-order valence-corrected chi connectivity index (χ2v) is 6.01. The minimum Gasteiger partial charge on any atom is -0.502 e. The highest BCUT2D eigenvalue weighted by atomic mass is 16.5. The Bertz CT molecular complexity index is 745. The van der Waals surface area contributed by atoms with E-state index >= 15 is 0 Å². The van der Waals surface area contributed by atoms with E-state index < -0.39 is 6.10 Å². The molecule has 0 saturated heterocycles. The Labute approximate surface area is 158 Å². The number of hydrogen-bond acceptors (Lipinski definition) is 7. The number of benzene rings is 2. The van der Waals surface area contributed by atoms with Gasteiger partial charge >= 0.3 is 0 Å². The lowest BCUT2D eigenvalue weighted by atomic mass is 10.1. The molecule has 7 heteroatoms. The van der Waals surface area contributed by atoms with Gasteiger partial charge in [-0.2, -0.15) is 0 Å². The summed E-state index contributed by atoms with van der Waals surface area (Å²) in [6.07, 6.45) is 0.576. The molecular weight excluding hydrogens is 352 g/mol. The fraction of sp³-hybridized carbons (Fsp3) is 0.400. The number of hydrogen-bond donors (Lipinski definition) is 4. The van der Waals surface area contributed by atoms with Crippen LogP contribution in [-0.2, 0) is 6.42 Å². The summed E-state index contributed by atoms with van der Waals surface area (Å²) < 4.78 is 16.3. The molecule has 0 bridgehead atoms. The molecule has 0 spiro atoms. The fourth-order valence-electron chi connectivity index (χ4n) is 2.67. The van der Waals surface area contributed by atoms with Crippen molar-refractivity contribution in [2.75, 3.05) is 27.4 Å². The van der Waals surface area contributed by atoms with Gasteiger partial charge in [-0.15, -0.1) is 0 Å². The molecule has 2 aromatic carbocycles. The van der Waals surface area contributed by atoms with Gasteiger partial charge in [-0.05, 0) is 48.2 Å². The van der Waals surface area contributed by atoms with E-state index in [-0.39, 0.29) is 36.9 Å². The number of ether oxygens (including phenoxy) is 3. The minimum atomic E-state index is -0.922. The maximum Gasteiger partial charge on any atom is 0.201 e. The lowest BCUT2D eigenvalue weighted by Crippen LogP contribution is -2.02. The number of aryl methyl sites for hydroxylation is 1. The highest BCUT2D eigenvalue weighted by molar-refractivity contribution is 5.56. The summed E-state index contributed by atoms with van der Waals surface area (Å²) in [5.41, 5.74) is 1.44. The highest BCUT2D eigenvalue weighted by Crippen LogP contribution is 2.43. The van der Waals surface area contributed by atoms with Gasteiger partial charge < -0.3 is 34.6 Å². The number of aromatic hydroxyl groups is 1. The first-order chi connectivity index (χ1) is 13.0. The second kappa shape index (κ2) is 10.0. The summed E-state index contributed by atoms with van der Waals surface area (Å²) in [6.45, 7) is -0.0686. The molecule has 0 aromatic heterocycles. The molecule has 7 nitrogen and oxygen atoms in total. The van der Waals surface area contributed by atoms with Gasteiger partial charge in [0.25, 0.3) is 0 Å². The van der Waals surface area contributed by atoms with Crippen molar-refractivity contribution in [2.45, 2.75) is 25.4 Å². The topological polar surface area (TPSA) is 109 Å². The molecule has 0 aliphatic rings. The lowest BCUT2D eigenvalue weighted by Gasteiger charge is -2.17. The van der Waals surface area contributed by atoms with Gasteiger partial charge in [0.05, 0.1) is 20.3 Å². The van der Waals surface area contributed by atoms with Crippen LogP contribution in [0.3, 0.4) is 0 Å². The molecule has 27 heavy (non-hydrogen) atoms. The molecule has 0 fully saturated rings. The summed E-state index contributed by atoms with van der Waals surface area (Å²) in [7, 11) is 2.91. The van der Waals surface area contributed by atoms with Crippen LogP contribution in [-0.4, -0.2) is 47.9 Å². The minimum absolute atomic E-state index is 0.0998. The van der Waals surface area contributed by atoms with Crippen molar-refractivity contribution in [1.82, 2.24) is 0 Å². The molecule has 1 atom stereocenters. The summed E-state index contributed by atoms with van der Waals surface area (Å²) in [6, 6.07) is 8.37. The molecule has 0 saturated carbocycles. The molecule has 2 aromatic rings. The number of methoxy groups -OCH3 is 2. The lowest BCUT2D eigenvalue weighted by molar-refractivity contribution is 0.133. The number of phenols is 1. The predicted octanol–water partition coefficient (Wildman–Crippen LogP) is 2.54. The zero-order chi connectivity index (χ0) is 19.8. The van der Waals surface area contributed by atoms with Crippen LogP contribution in [0.2, 0.25) is 0 Å². The maximum atomic E-state index is 10.4. The largest absolute Gasteiger partial charge is 0.502 e. The standard InChI is InChI=1S/C20H26O7/c1-25-17-10-13(4-3-8-21)5-6-16(17)27-19-12-14(15(23)7-9-22)11-18(26-2)20(19)24/h5-6,10-12,15,21-24H,3-4,7-9H2,1-2H3. The summed E-state index contributed by atoms with van der Waals surface area (Å²) in [4.78, 5) is 0. The monoisotopic (exact) mass is 378 g/mol. The van der Waals surface area contributed by atoms with Gasteiger partial charge in [0.1, 0.15) is 0 Å². The van der Waals surface area contributed by atoms with Crippen LogP contribution in [0.1, 0.15) is 30.1 Å². The van der Waals surface area contributed by atoms with E-state index in [0.29, 0.717) is 29.9 Å². The third-order valence-electron chi connectivity index (χ3n) is 4.14. The van der Waals surface area contributed by atoms with E-state index in [4.69, 9.17) is 24.4 Å². The molecule has 0 aliphatic heterocycles. The van der Waals surface area contributed by atoms with E-state index in [1.807, 2.05) is 12.1 Å². The van der Waals surface area contributed by atoms with Crippen molar-refractivity contribution >= 4 is 0 Å². The smallest absolute Gasteiger partial charge is 0.201 e. The SMILES string of the molecule is COc1cc(CCCO)ccc1Oc1cc(C(O)CCO)cc(OC)c1O. The Morgan fingerprint density at radius 2 is 1.59 bits per heavy atom. The molecule has 1 unspecified atom stereocenters. The van der Waals surface area contributed by atoms with Gasteiger partial charge in [0.15, 0.2) is 23.0 Å². The van der Waals surface area contributed by atoms with Gasteiger partial charge in [-0.25, -0.2) is 0 Å². The first-order valence-electron chi connectivity index (χ1n) is 8.69. The Hall–Kier alpha value is -2.48. The van der Waals surface area contributed by atoms with Crippen molar-refractivity contribution in [1.29, 1.82) is 0 Å². The summed E-state index contributed by atoms with van der Waals surface area (Å²) in [5, 5.41) is 38.5. The van der Waals surface area contributed by atoms with Crippen LogP contribution in [0, 0.1) is 0 Å². The Balaban J connectivity index is 2.36. The zero-order valence-corrected chi connectivity index (χ0v) is 15.5. The Kier molecular flexibility index (Phi) is 7.72. The summed E-state index contributed by atoms with van der Waals surface area (Å²) >= 11 is 0. The average molecular weight is 378 g/mol. The summed E-state index contributed by atoms with van der Waals surface area (Å²) in [5.74, 6) is 0.908. The first kappa shape index (κ1) is 20.8. The average Bonchev–Trinajstić information content (AvgIpc) is 2.68. The molecule has 0 amide bonds. The second-order valence-electron chi connectivity index (χ2n) is 6.01. The molecule has 0 aliphatic carbocycles. The Morgan fingerprint density at radius 3 is 2.22 bits per heavy atom. The van der Waals surface area contributed by atoms with Crippen molar-refractivity contribution < 1.29 is 34.6 Å². The van der Waals surface area contributed by atoms with E-state index in [9.17, 15) is 10.2 Å². The van der Waals surface area contributed by atoms with Crippen LogP contribution in [0.4, 0.5) is 0 Å². The van der Waals surface area contributed by atoms with E-state index in [2.05, 4.69) is 0 Å². The van der Waals surface area contributed by atoms with Crippen molar-refractivity contribution in [3.63, 3.8) is 0 Å². The highest BCUT2D eigenvalue weighted by Gasteiger charge is 2.18. The van der Waals surface area contributed by atoms with E-state index in [1.54, 1.807) is 6.07 Å². The molecule has 148 valence electrons. The number of aliphatic hydroxyl groups excluding tert-OH is 3.